The van der Waals surface area contributed by atoms with Gasteiger partial charge in [-0.25, -0.2) is 4.98 Å². The summed E-state index contributed by atoms with van der Waals surface area (Å²) in [5.74, 6) is 0.135. The van der Waals surface area contributed by atoms with Gasteiger partial charge in [-0.05, 0) is 23.8 Å². The quantitative estimate of drug-likeness (QED) is 0.609. The first-order valence-electron chi connectivity index (χ1n) is 8.61. The fourth-order valence-electron chi connectivity index (χ4n) is 2.87. The standard InChI is InChI=1S/C20H20ClN3O3/c1-27-20(26)12-17(13-6-2-3-7-14(13)21)24-19(25)11-10-18-22-15-8-4-5-9-16(15)23-18/h2-9,17H,10-12H2,1H3,(H,22,23)(H,24,25). The molecule has 3 aromatic rings. The number of aryl methyl sites for hydroxylation is 1. The van der Waals surface area contributed by atoms with Crippen LogP contribution in [0.2, 0.25) is 5.02 Å². The van der Waals surface area contributed by atoms with Gasteiger partial charge in [0.1, 0.15) is 5.82 Å². The molecule has 6 nitrogen and oxygen atoms in total. The van der Waals surface area contributed by atoms with E-state index in [-0.39, 0.29) is 18.7 Å². The number of methoxy groups -OCH3 is 1. The summed E-state index contributed by atoms with van der Waals surface area (Å²) in [4.78, 5) is 31.9. The summed E-state index contributed by atoms with van der Waals surface area (Å²) in [6.07, 6.45) is 0.715. The van der Waals surface area contributed by atoms with Gasteiger partial charge in [0.05, 0.1) is 30.6 Å². The number of para-hydroxylation sites is 2. The minimum Gasteiger partial charge on any atom is -0.469 e. The number of rotatable bonds is 7. The molecule has 140 valence electrons. The van der Waals surface area contributed by atoms with Gasteiger partial charge in [-0.15, -0.1) is 0 Å². The minimum absolute atomic E-state index is 0.0105. The zero-order chi connectivity index (χ0) is 19.2. The maximum absolute atomic E-state index is 12.4. The predicted octanol–water partition coefficient (Wildman–Crippen LogP) is 3.57. The molecule has 0 bridgehead atoms. The fourth-order valence-corrected chi connectivity index (χ4v) is 3.14. The maximum Gasteiger partial charge on any atom is 0.307 e. The molecule has 1 unspecified atom stereocenters. The minimum atomic E-state index is -0.547. The molecule has 1 aromatic heterocycles. The van der Waals surface area contributed by atoms with Gasteiger partial charge in [-0.2, -0.15) is 0 Å². The molecule has 3 rings (SSSR count). The summed E-state index contributed by atoms with van der Waals surface area (Å²) in [6.45, 7) is 0. The summed E-state index contributed by atoms with van der Waals surface area (Å²) in [7, 11) is 1.31. The first-order chi connectivity index (χ1) is 13.1. The Kier molecular flexibility index (Phi) is 6.08. The van der Waals surface area contributed by atoms with E-state index in [2.05, 4.69) is 15.3 Å². The second kappa shape index (κ2) is 8.68. The number of carbonyl (C=O) groups is 2. The van der Waals surface area contributed by atoms with Gasteiger partial charge in [0.25, 0.3) is 0 Å². The molecule has 2 N–H and O–H groups in total. The zero-order valence-electron chi connectivity index (χ0n) is 14.9. The molecule has 27 heavy (non-hydrogen) atoms. The lowest BCUT2D eigenvalue weighted by atomic mass is 10.0. The Morgan fingerprint density at radius 3 is 2.67 bits per heavy atom. The number of halogens is 1. The predicted molar refractivity (Wildman–Crippen MR) is 103 cm³/mol. The highest BCUT2D eigenvalue weighted by Gasteiger charge is 2.21. The van der Waals surface area contributed by atoms with Crippen LogP contribution in [0, 0.1) is 0 Å². The average Bonchev–Trinajstić information content (AvgIpc) is 3.09. The van der Waals surface area contributed by atoms with Crippen molar-refractivity contribution in [2.24, 2.45) is 0 Å². The number of esters is 1. The Balaban J connectivity index is 1.66. The third kappa shape index (κ3) is 4.86. The van der Waals surface area contributed by atoms with E-state index in [1.807, 2.05) is 30.3 Å². The monoisotopic (exact) mass is 385 g/mol. The summed E-state index contributed by atoms with van der Waals surface area (Å²) in [5, 5.41) is 3.37. The van der Waals surface area contributed by atoms with Crippen molar-refractivity contribution < 1.29 is 14.3 Å². The van der Waals surface area contributed by atoms with Crippen molar-refractivity contribution in [3.05, 3.63) is 64.9 Å². The second-order valence-corrected chi connectivity index (χ2v) is 6.53. The van der Waals surface area contributed by atoms with Crippen molar-refractivity contribution in [3.63, 3.8) is 0 Å². The Labute approximate surface area is 161 Å². The number of H-pyrrole nitrogens is 1. The molecule has 2 aromatic carbocycles. The van der Waals surface area contributed by atoms with Crippen LogP contribution in [0.3, 0.4) is 0 Å². The van der Waals surface area contributed by atoms with Crippen LogP contribution < -0.4 is 5.32 Å². The Bertz CT molecular complexity index is 921. The van der Waals surface area contributed by atoms with E-state index in [9.17, 15) is 9.59 Å². The second-order valence-electron chi connectivity index (χ2n) is 6.12. The van der Waals surface area contributed by atoms with E-state index in [1.165, 1.54) is 7.11 Å². The number of hydrogen-bond acceptors (Lipinski definition) is 4. The highest BCUT2D eigenvalue weighted by molar-refractivity contribution is 6.31. The third-order valence-corrected chi connectivity index (χ3v) is 4.59. The third-order valence-electron chi connectivity index (χ3n) is 4.24. The number of nitrogens with zero attached hydrogens (tertiary/aromatic N) is 1. The van der Waals surface area contributed by atoms with Gasteiger partial charge >= 0.3 is 5.97 Å². The lowest BCUT2D eigenvalue weighted by Crippen LogP contribution is -2.31. The summed E-state index contributed by atoms with van der Waals surface area (Å²) < 4.78 is 4.74. The Morgan fingerprint density at radius 2 is 1.93 bits per heavy atom. The van der Waals surface area contributed by atoms with Gasteiger partial charge in [0, 0.05) is 17.9 Å². The molecule has 0 saturated carbocycles. The van der Waals surface area contributed by atoms with E-state index < -0.39 is 12.0 Å². The number of nitrogens with one attached hydrogen (secondary N) is 2. The van der Waals surface area contributed by atoms with Crippen LogP contribution in [-0.4, -0.2) is 29.0 Å². The molecule has 0 radical (unpaired) electrons. The number of aromatic amines is 1. The van der Waals surface area contributed by atoms with Gasteiger partial charge in [-0.3, -0.25) is 9.59 Å². The van der Waals surface area contributed by atoms with Gasteiger partial charge < -0.3 is 15.0 Å². The Hall–Kier alpha value is -2.86. The molecule has 0 aliphatic carbocycles. The number of fused-ring (bicyclic) bond motifs is 1. The fraction of sp³-hybridized carbons (Fsp3) is 0.250. The topological polar surface area (TPSA) is 84.1 Å². The molecule has 1 heterocycles. The van der Waals surface area contributed by atoms with Crippen LogP contribution in [0.5, 0.6) is 0 Å². The number of benzene rings is 2. The smallest absolute Gasteiger partial charge is 0.307 e. The maximum atomic E-state index is 12.4. The molecule has 1 amide bonds. The Morgan fingerprint density at radius 1 is 1.19 bits per heavy atom. The lowest BCUT2D eigenvalue weighted by molar-refractivity contribution is -0.141. The largest absolute Gasteiger partial charge is 0.469 e. The number of aromatic nitrogens is 2. The highest BCUT2D eigenvalue weighted by atomic mass is 35.5. The van der Waals surface area contributed by atoms with Crippen molar-refractivity contribution in [1.82, 2.24) is 15.3 Å². The van der Waals surface area contributed by atoms with Crippen LogP contribution >= 0.6 is 11.6 Å². The van der Waals surface area contributed by atoms with Crippen molar-refractivity contribution in [2.75, 3.05) is 7.11 Å². The van der Waals surface area contributed by atoms with Crippen molar-refractivity contribution in [3.8, 4) is 0 Å². The number of ether oxygens (including phenoxy) is 1. The van der Waals surface area contributed by atoms with E-state index in [4.69, 9.17) is 16.3 Å². The summed E-state index contributed by atoms with van der Waals surface area (Å²) in [6, 6.07) is 14.3. The van der Waals surface area contributed by atoms with E-state index in [1.54, 1.807) is 18.2 Å². The van der Waals surface area contributed by atoms with Crippen LogP contribution in [0.4, 0.5) is 0 Å². The molecule has 0 aliphatic rings. The van der Waals surface area contributed by atoms with E-state index in [0.29, 0.717) is 17.0 Å². The van der Waals surface area contributed by atoms with Crippen molar-refractivity contribution in [2.45, 2.75) is 25.3 Å². The highest BCUT2D eigenvalue weighted by Crippen LogP contribution is 2.25. The van der Waals surface area contributed by atoms with Crippen molar-refractivity contribution >= 4 is 34.5 Å². The van der Waals surface area contributed by atoms with Crippen LogP contribution in [-0.2, 0) is 20.7 Å². The number of carbonyl (C=O) groups excluding carboxylic acids is 2. The molecule has 7 heteroatoms. The first kappa shape index (κ1) is 18.9. The van der Waals surface area contributed by atoms with Crippen LogP contribution in [0.25, 0.3) is 11.0 Å². The normalized spacial score (nSPS) is 11.9. The van der Waals surface area contributed by atoms with E-state index in [0.717, 1.165) is 16.9 Å². The first-order valence-corrected chi connectivity index (χ1v) is 8.99. The number of imidazole rings is 1. The number of hydrogen-bond donors (Lipinski definition) is 2. The SMILES string of the molecule is COC(=O)CC(NC(=O)CCc1nc2ccccc2[nH]1)c1ccccc1Cl. The van der Waals surface area contributed by atoms with Gasteiger partial charge in [-0.1, -0.05) is 41.9 Å². The summed E-state index contributed by atoms with van der Waals surface area (Å²) >= 11 is 6.23. The molecule has 1 atom stereocenters. The summed E-state index contributed by atoms with van der Waals surface area (Å²) in [5.41, 5.74) is 2.49. The van der Waals surface area contributed by atoms with Crippen LogP contribution in [0.1, 0.15) is 30.3 Å². The van der Waals surface area contributed by atoms with Gasteiger partial charge in [0.2, 0.25) is 5.91 Å². The molecule has 0 saturated heterocycles. The molecule has 0 aliphatic heterocycles. The van der Waals surface area contributed by atoms with Crippen molar-refractivity contribution in [1.29, 1.82) is 0 Å². The molecular formula is C20H20ClN3O3. The van der Waals surface area contributed by atoms with E-state index >= 15 is 0 Å². The zero-order valence-corrected chi connectivity index (χ0v) is 15.6. The molecule has 0 fully saturated rings. The molecule has 0 spiro atoms. The van der Waals surface area contributed by atoms with Gasteiger partial charge in [0.15, 0.2) is 0 Å². The van der Waals surface area contributed by atoms with Crippen LogP contribution in [0.15, 0.2) is 48.5 Å². The average molecular weight is 386 g/mol. The lowest BCUT2D eigenvalue weighted by Gasteiger charge is -2.19. The molecular weight excluding hydrogens is 366 g/mol. The number of amides is 1.